The fraction of sp³-hybridized carbons (Fsp3) is 0.333. The van der Waals surface area contributed by atoms with Crippen LogP contribution in [0.15, 0.2) is 112 Å². The van der Waals surface area contributed by atoms with E-state index >= 15 is 0 Å². The molecule has 1 saturated carbocycles. The number of methoxy groups -OCH3 is 1. The minimum absolute atomic E-state index is 0.0152. The molecule has 264 valence electrons. The summed E-state index contributed by atoms with van der Waals surface area (Å²) in [5.41, 5.74) is 1.91. The SMILES string of the molecule is CCOc1ccc(N(CC(=O)N(Cc2cccc(OC)c2)[C@H](Cc2ccccc2)C(=O)NC2CCCCC2)S(=O)(=O)c2ccc(Br)cc2)cc1. The quantitative estimate of drug-likeness (QED) is 0.138. The standard InChI is InChI=1S/C39H44BrN3O6S/c1-3-49-34-21-19-33(20-22-34)43(50(46,47)36-23-17-31(40)18-24-36)28-38(44)42(27-30-13-10-16-35(25-30)48-2)37(26-29-11-6-4-7-12-29)39(45)41-32-14-8-5-9-15-32/h4,6-7,10-13,16-25,32,37H,3,5,8-9,14-15,26-28H2,1-2H3,(H,41,45)/t37-/m1/s1. The van der Waals surface area contributed by atoms with Gasteiger partial charge in [0, 0.05) is 23.5 Å². The first-order valence-corrected chi connectivity index (χ1v) is 19.2. The van der Waals surface area contributed by atoms with E-state index in [0.29, 0.717) is 18.1 Å². The van der Waals surface area contributed by atoms with E-state index in [-0.39, 0.29) is 35.5 Å². The number of hydrogen-bond acceptors (Lipinski definition) is 6. The highest BCUT2D eigenvalue weighted by atomic mass is 79.9. The van der Waals surface area contributed by atoms with Crippen LogP contribution in [-0.2, 0) is 32.6 Å². The van der Waals surface area contributed by atoms with Gasteiger partial charge in [-0.1, -0.05) is 77.7 Å². The summed E-state index contributed by atoms with van der Waals surface area (Å²) in [6.45, 7) is 1.83. The lowest BCUT2D eigenvalue weighted by Crippen LogP contribution is -2.55. The third kappa shape index (κ3) is 9.66. The number of carbonyl (C=O) groups excluding carboxylic acids is 2. The van der Waals surface area contributed by atoms with E-state index < -0.39 is 28.5 Å². The van der Waals surface area contributed by atoms with Gasteiger partial charge in [-0.3, -0.25) is 13.9 Å². The summed E-state index contributed by atoms with van der Waals surface area (Å²) in [7, 11) is -2.66. The van der Waals surface area contributed by atoms with Crippen LogP contribution in [0, 0.1) is 0 Å². The molecule has 1 aliphatic carbocycles. The maximum atomic E-state index is 14.8. The number of nitrogens with zero attached hydrogens (tertiary/aromatic N) is 2. The Bertz CT molecular complexity index is 1820. The summed E-state index contributed by atoms with van der Waals surface area (Å²) in [5, 5.41) is 3.24. The fourth-order valence-corrected chi connectivity index (χ4v) is 7.88. The van der Waals surface area contributed by atoms with Crippen LogP contribution in [0.25, 0.3) is 0 Å². The molecule has 9 nitrogen and oxygen atoms in total. The number of ether oxygens (including phenoxy) is 2. The molecule has 1 atom stereocenters. The van der Waals surface area contributed by atoms with Gasteiger partial charge in [0.1, 0.15) is 24.1 Å². The predicted octanol–water partition coefficient (Wildman–Crippen LogP) is 7.14. The molecule has 50 heavy (non-hydrogen) atoms. The van der Waals surface area contributed by atoms with Crippen LogP contribution in [0.1, 0.15) is 50.2 Å². The molecule has 11 heteroatoms. The molecule has 2 amide bonds. The van der Waals surface area contributed by atoms with Crippen molar-refractivity contribution in [3.63, 3.8) is 0 Å². The second kappa shape index (κ2) is 17.5. The summed E-state index contributed by atoms with van der Waals surface area (Å²) in [6, 6.07) is 28.9. The summed E-state index contributed by atoms with van der Waals surface area (Å²) in [6.07, 6.45) is 5.21. The molecular formula is C39H44BrN3O6S. The van der Waals surface area contributed by atoms with Crippen molar-refractivity contribution in [2.75, 3.05) is 24.6 Å². The number of sulfonamides is 1. The number of carbonyl (C=O) groups is 2. The van der Waals surface area contributed by atoms with Gasteiger partial charge in [0.2, 0.25) is 11.8 Å². The largest absolute Gasteiger partial charge is 0.497 e. The van der Waals surface area contributed by atoms with Crippen molar-refractivity contribution in [2.24, 2.45) is 0 Å². The number of halogens is 1. The Hall–Kier alpha value is -4.35. The smallest absolute Gasteiger partial charge is 0.264 e. The Morgan fingerprint density at radius 1 is 0.860 bits per heavy atom. The zero-order valence-electron chi connectivity index (χ0n) is 28.5. The first kappa shape index (κ1) is 36.9. The molecule has 5 rings (SSSR count). The Balaban J connectivity index is 1.57. The van der Waals surface area contributed by atoms with Crippen molar-refractivity contribution in [3.05, 3.63) is 119 Å². The summed E-state index contributed by atoms with van der Waals surface area (Å²) >= 11 is 3.38. The van der Waals surface area contributed by atoms with Crippen LogP contribution in [0.2, 0.25) is 0 Å². The average molecular weight is 763 g/mol. The van der Waals surface area contributed by atoms with E-state index in [1.165, 1.54) is 17.0 Å². The minimum Gasteiger partial charge on any atom is -0.497 e. The Morgan fingerprint density at radius 2 is 1.54 bits per heavy atom. The second-order valence-electron chi connectivity index (χ2n) is 12.3. The van der Waals surface area contributed by atoms with Gasteiger partial charge in [0.15, 0.2) is 0 Å². The molecule has 0 heterocycles. The second-order valence-corrected chi connectivity index (χ2v) is 15.1. The van der Waals surface area contributed by atoms with Crippen molar-refractivity contribution >= 4 is 43.5 Å². The lowest BCUT2D eigenvalue weighted by Gasteiger charge is -2.35. The van der Waals surface area contributed by atoms with E-state index in [1.54, 1.807) is 43.5 Å². The summed E-state index contributed by atoms with van der Waals surface area (Å²) in [4.78, 5) is 30.6. The van der Waals surface area contributed by atoms with Crippen molar-refractivity contribution in [1.29, 1.82) is 0 Å². The van der Waals surface area contributed by atoms with Crippen molar-refractivity contribution in [1.82, 2.24) is 10.2 Å². The van der Waals surface area contributed by atoms with Crippen LogP contribution >= 0.6 is 15.9 Å². The predicted molar refractivity (Wildman–Crippen MR) is 199 cm³/mol. The third-order valence-corrected chi connectivity index (χ3v) is 11.1. The van der Waals surface area contributed by atoms with Gasteiger partial charge in [-0.15, -0.1) is 0 Å². The van der Waals surface area contributed by atoms with Gasteiger partial charge in [-0.25, -0.2) is 8.42 Å². The van der Waals surface area contributed by atoms with Crippen LogP contribution in [0.3, 0.4) is 0 Å². The topological polar surface area (TPSA) is 105 Å². The van der Waals surface area contributed by atoms with E-state index in [9.17, 15) is 18.0 Å². The first-order valence-electron chi connectivity index (χ1n) is 17.0. The molecule has 0 aromatic heterocycles. The van der Waals surface area contributed by atoms with E-state index in [2.05, 4.69) is 21.2 Å². The Morgan fingerprint density at radius 3 is 2.20 bits per heavy atom. The summed E-state index contributed by atoms with van der Waals surface area (Å²) < 4.78 is 41.5. The lowest BCUT2D eigenvalue weighted by molar-refractivity contribution is -0.140. The Labute approximate surface area is 303 Å². The van der Waals surface area contributed by atoms with Gasteiger partial charge in [0.25, 0.3) is 10.0 Å². The third-order valence-electron chi connectivity index (χ3n) is 8.83. The Kier molecular flexibility index (Phi) is 12.9. The fourth-order valence-electron chi connectivity index (χ4n) is 6.20. The van der Waals surface area contributed by atoms with Gasteiger partial charge >= 0.3 is 0 Å². The number of hydrogen-bond donors (Lipinski definition) is 1. The monoisotopic (exact) mass is 761 g/mol. The molecule has 0 radical (unpaired) electrons. The van der Waals surface area contributed by atoms with Crippen LogP contribution in [-0.4, -0.2) is 57.5 Å². The lowest BCUT2D eigenvalue weighted by atomic mass is 9.94. The highest BCUT2D eigenvalue weighted by Gasteiger charge is 2.35. The zero-order chi connectivity index (χ0) is 35.5. The van der Waals surface area contributed by atoms with Crippen molar-refractivity contribution in [2.45, 2.75) is 69.0 Å². The molecule has 0 aliphatic heterocycles. The first-order chi connectivity index (χ1) is 24.2. The molecule has 0 unspecified atom stereocenters. The van der Waals surface area contributed by atoms with Crippen molar-refractivity contribution < 1.29 is 27.5 Å². The highest BCUT2D eigenvalue weighted by Crippen LogP contribution is 2.28. The number of benzene rings is 4. The number of rotatable bonds is 15. The molecule has 1 fully saturated rings. The van der Waals surface area contributed by atoms with Gasteiger partial charge in [-0.05, 0) is 91.6 Å². The van der Waals surface area contributed by atoms with E-state index in [0.717, 1.165) is 52.0 Å². The minimum atomic E-state index is -4.23. The maximum absolute atomic E-state index is 14.8. The number of amides is 2. The number of anilines is 1. The average Bonchev–Trinajstić information content (AvgIpc) is 3.13. The maximum Gasteiger partial charge on any atom is 0.264 e. The molecule has 1 aliphatic rings. The molecule has 1 N–H and O–H groups in total. The van der Waals surface area contributed by atoms with E-state index in [4.69, 9.17) is 9.47 Å². The van der Waals surface area contributed by atoms with Crippen LogP contribution in [0.4, 0.5) is 5.69 Å². The molecule has 4 aromatic rings. The van der Waals surface area contributed by atoms with Crippen molar-refractivity contribution in [3.8, 4) is 11.5 Å². The zero-order valence-corrected chi connectivity index (χ0v) is 30.9. The summed E-state index contributed by atoms with van der Waals surface area (Å²) in [5.74, 6) is 0.392. The van der Waals surface area contributed by atoms with Gasteiger partial charge in [-0.2, -0.15) is 0 Å². The van der Waals surface area contributed by atoms with E-state index in [1.807, 2.05) is 61.5 Å². The molecule has 4 aromatic carbocycles. The van der Waals surface area contributed by atoms with Gasteiger partial charge in [0.05, 0.1) is 24.3 Å². The number of nitrogens with one attached hydrogen (secondary N) is 1. The molecule has 0 saturated heterocycles. The highest BCUT2D eigenvalue weighted by molar-refractivity contribution is 9.10. The normalized spacial score (nSPS) is 14.0. The van der Waals surface area contributed by atoms with Gasteiger partial charge < -0.3 is 19.7 Å². The molecule has 0 spiro atoms. The van der Waals surface area contributed by atoms with Crippen LogP contribution < -0.4 is 19.1 Å². The van der Waals surface area contributed by atoms with Crippen LogP contribution in [0.5, 0.6) is 11.5 Å². The molecular weight excluding hydrogens is 718 g/mol. The molecule has 0 bridgehead atoms.